The van der Waals surface area contributed by atoms with Gasteiger partial charge in [0.1, 0.15) is 0 Å². The fourth-order valence-electron chi connectivity index (χ4n) is 0.952. The average Bonchev–Trinajstić information content (AvgIpc) is 1.96. The van der Waals surface area contributed by atoms with Crippen molar-refractivity contribution in [3.05, 3.63) is 28.8 Å². The molecule has 0 saturated carbocycles. The van der Waals surface area contributed by atoms with Crippen LogP contribution in [-0.4, -0.2) is 6.18 Å². The smallest absolute Gasteiger partial charge is 0.393 e. The van der Waals surface area contributed by atoms with E-state index in [4.69, 9.17) is 17.3 Å². The van der Waals surface area contributed by atoms with Crippen LogP contribution in [0.3, 0.4) is 0 Å². The highest BCUT2D eigenvalue weighted by Crippen LogP contribution is 2.29. The van der Waals surface area contributed by atoms with Crippen molar-refractivity contribution in [1.29, 1.82) is 0 Å². The fourth-order valence-corrected chi connectivity index (χ4v) is 1.14. The lowest BCUT2D eigenvalue weighted by Gasteiger charge is -2.08. The van der Waals surface area contributed by atoms with Gasteiger partial charge in [0.15, 0.2) is 0 Å². The molecule has 0 bridgehead atoms. The zero-order valence-corrected chi connectivity index (χ0v) is 7.28. The average molecular weight is 210 g/mol. The van der Waals surface area contributed by atoms with Crippen molar-refractivity contribution in [2.75, 3.05) is 5.73 Å². The van der Waals surface area contributed by atoms with E-state index in [2.05, 4.69) is 0 Å². The van der Waals surface area contributed by atoms with E-state index in [0.29, 0.717) is 0 Å². The number of nitrogens with two attached hydrogens (primary N) is 1. The van der Waals surface area contributed by atoms with Crippen LogP contribution < -0.4 is 5.73 Å². The highest BCUT2D eigenvalue weighted by atomic mass is 35.5. The Labute approximate surface area is 78.3 Å². The largest absolute Gasteiger partial charge is 0.398 e. The lowest BCUT2D eigenvalue weighted by atomic mass is 10.1. The number of rotatable bonds is 1. The predicted octanol–water partition coefficient (Wildman–Crippen LogP) is 3.03. The van der Waals surface area contributed by atoms with E-state index < -0.39 is 12.6 Å². The first-order valence-corrected chi connectivity index (χ1v) is 3.87. The Balaban J connectivity index is 2.96. The number of alkyl halides is 3. The molecule has 0 radical (unpaired) electrons. The van der Waals surface area contributed by atoms with Crippen molar-refractivity contribution in [2.45, 2.75) is 12.6 Å². The van der Waals surface area contributed by atoms with Crippen LogP contribution in [0.15, 0.2) is 18.2 Å². The Morgan fingerprint density at radius 1 is 1.31 bits per heavy atom. The lowest BCUT2D eigenvalue weighted by Crippen LogP contribution is -2.12. The summed E-state index contributed by atoms with van der Waals surface area (Å²) in [6.45, 7) is 0. The summed E-state index contributed by atoms with van der Waals surface area (Å²) in [5.41, 5.74) is 5.52. The van der Waals surface area contributed by atoms with Gasteiger partial charge in [-0.3, -0.25) is 0 Å². The van der Waals surface area contributed by atoms with Crippen LogP contribution in [-0.2, 0) is 6.42 Å². The lowest BCUT2D eigenvalue weighted by molar-refractivity contribution is -0.127. The zero-order valence-electron chi connectivity index (χ0n) is 6.53. The number of hydrogen-bond donors (Lipinski definition) is 1. The van der Waals surface area contributed by atoms with Gasteiger partial charge in [0.25, 0.3) is 0 Å². The Kier molecular flexibility index (Phi) is 2.71. The monoisotopic (exact) mass is 209 g/mol. The van der Waals surface area contributed by atoms with E-state index >= 15 is 0 Å². The fraction of sp³-hybridized carbons (Fsp3) is 0.250. The third-order valence-electron chi connectivity index (χ3n) is 1.50. The standard InChI is InChI=1S/C8H7ClF3N/c9-7-5(4-8(10,11)12)2-1-3-6(7)13/h1-3H,4,13H2. The maximum absolute atomic E-state index is 12.0. The molecule has 0 saturated heterocycles. The van der Waals surface area contributed by atoms with E-state index in [9.17, 15) is 13.2 Å². The van der Waals surface area contributed by atoms with Gasteiger partial charge in [0.05, 0.1) is 17.1 Å². The van der Waals surface area contributed by atoms with E-state index in [0.717, 1.165) is 0 Å². The van der Waals surface area contributed by atoms with Gasteiger partial charge in [-0.25, -0.2) is 0 Å². The molecule has 1 aromatic rings. The van der Waals surface area contributed by atoms with E-state index in [1.54, 1.807) is 0 Å². The van der Waals surface area contributed by atoms with Gasteiger partial charge in [-0.1, -0.05) is 23.7 Å². The molecule has 0 aromatic heterocycles. The highest BCUT2D eigenvalue weighted by molar-refractivity contribution is 6.33. The molecule has 0 aliphatic heterocycles. The molecule has 0 fully saturated rings. The van der Waals surface area contributed by atoms with Crippen LogP contribution in [0.1, 0.15) is 5.56 Å². The first-order chi connectivity index (χ1) is 5.90. The molecule has 5 heteroatoms. The third-order valence-corrected chi connectivity index (χ3v) is 1.96. The van der Waals surface area contributed by atoms with E-state index in [1.807, 2.05) is 0 Å². The normalized spacial score (nSPS) is 11.7. The molecule has 0 aliphatic carbocycles. The predicted molar refractivity (Wildman–Crippen MR) is 45.6 cm³/mol. The van der Waals surface area contributed by atoms with Gasteiger partial charge in [0.2, 0.25) is 0 Å². The zero-order chi connectivity index (χ0) is 10.1. The van der Waals surface area contributed by atoms with Crippen LogP contribution in [0.5, 0.6) is 0 Å². The summed E-state index contributed by atoms with van der Waals surface area (Å²) in [5.74, 6) is 0. The van der Waals surface area contributed by atoms with Crippen molar-refractivity contribution in [1.82, 2.24) is 0 Å². The maximum atomic E-state index is 12.0. The Morgan fingerprint density at radius 3 is 2.46 bits per heavy atom. The highest BCUT2D eigenvalue weighted by Gasteiger charge is 2.28. The number of halogens is 4. The Hall–Kier alpha value is -0.900. The van der Waals surface area contributed by atoms with Crippen molar-refractivity contribution in [3.63, 3.8) is 0 Å². The summed E-state index contributed by atoms with van der Waals surface area (Å²) >= 11 is 5.57. The minimum absolute atomic E-state index is 0.00849. The topological polar surface area (TPSA) is 26.0 Å². The summed E-state index contributed by atoms with van der Waals surface area (Å²) in [4.78, 5) is 0. The summed E-state index contributed by atoms with van der Waals surface area (Å²) < 4.78 is 35.9. The molecule has 0 spiro atoms. The Bertz CT molecular complexity index is 309. The molecule has 1 aromatic carbocycles. The minimum Gasteiger partial charge on any atom is -0.398 e. The molecular formula is C8H7ClF3N. The summed E-state index contributed by atoms with van der Waals surface area (Å²) in [6, 6.07) is 4.22. The second-order valence-electron chi connectivity index (χ2n) is 2.61. The molecule has 1 rings (SSSR count). The van der Waals surface area contributed by atoms with Gasteiger partial charge < -0.3 is 5.73 Å². The van der Waals surface area contributed by atoms with Gasteiger partial charge in [-0.05, 0) is 11.6 Å². The SMILES string of the molecule is Nc1cccc(CC(F)(F)F)c1Cl. The summed E-state index contributed by atoms with van der Waals surface area (Å²) in [6.07, 6.45) is -5.30. The van der Waals surface area contributed by atoms with Gasteiger partial charge in [-0.15, -0.1) is 0 Å². The van der Waals surface area contributed by atoms with Crippen LogP contribution in [0.4, 0.5) is 18.9 Å². The van der Waals surface area contributed by atoms with E-state index in [-0.39, 0.29) is 16.3 Å². The molecule has 2 N–H and O–H groups in total. The van der Waals surface area contributed by atoms with Crippen LogP contribution in [0, 0.1) is 0 Å². The molecule has 0 heterocycles. The molecule has 72 valence electrons. The quantitative estimate of drug-likeness (QED) is 0.707. The number of hydrogen-bond acceptors (Lipinski definition) is 1. The summed E-state index contributed by atoms with van der Waals surface area (Å²) in [5, 5.41) is -0.0141. The van der Waals surface area contributed by atoms with Crippen molar-refractivity contribution < 1.29 is 13.2 Å². The van der Waals surface area contributed by atoms with Crippen LogP contribution in [0.2, 0.25) is 5.02 Å². The van der Waals surface area contributed by atoms with Crippen molar-refractivity contribution in [2.24, 2.45) is 0 Å². The number of benzene rings is 1. The van der Waals surface area contributed by atoms with Crippen molar-refractivity contribution >= 4 is 17.3 Å². The molecular weight excluding hydrogens is 203 g/mol. The summed E-state index contributed by atoms with van der Waals surface area (Å²) in [7, 11) is 0. The second-order valence-corrected chi connectivity index (χ2v) is 2.99. The molecule has 0 aliphatic rings. The molecule has 13 heavy (non-hydrogen) atoms. The van der Waals surface area contributed by atoms with Gasteiger partial charge in [-0.2, -0.15) is 13.2 Å². The first-order valence-electron chi connectivity index (χ1n) is 3.50. The van der Waals surface area contributed by atoms with Crippen LogP contribution in [0.25, 0.3) is 0 Å². The maximum Gasteiger partial charge on any atom is 0.393 e. The number of anilines is 1. The van der Waals surface area contributed by atoms with Gasteiger partial charge in [0, 0.05) is 0 Å². The van der Waals surface area contributed by atoms with E-state index in [1.165, 1.54) is 18.2 Å². The molecule has 0 amide bonds. The van der Waals surface area contributed by atoms with Crippen LogP contribution >= 0.6 is 11.6 Å². The Morgan fingerprint density at radius 2 is 1.92 bits per heavy atom. The second kappa shape index (κ2) is 3.46. The van der Waals surface area contributed by atoms with Crippen molar-refractivity contribution in [3.8, 4) is 0 Å². The van der Waals surface area contributed by atoms with Gasteiger partial charge >= 0.3 is 6.18 Å². The minimum atomic E-state index is -4.25. The molecule has 1 nitrogen and oxygen atoms in total. The first kappa shape index (κ1) is 10.2. The molecule has 0 unspecified atom stereocenters. The third kappa shape index (κ3) is 2.81. The number of nitrogen functional groups attached to an aromatic ring is 1. The molecule has 0 atom stereocenters.